The van der Waals surface area contributed by atoms with Crippen LogP contribution in [0.2, 0.25) is 0 Å². The number of amides is 2. The molecule has 1 aromatic carbocycles. The molecule has 0 saturated carbocycles. The van der Waals surface area contributed by atoms with Crippen LogP contribution in [-0.4, -0.2) is 44.3 Å². The van der Waals surface area contributed by atoms with Gasteiger partial charge in [0.15, 0.2) is 9.84 Å². The van der Waals surface area contributed by atoms with Gasteiger partial charge < -0.3 is 10.6 Å². The summed E-state index contributed by atoms with van der Waals surface area (Å²) in [6.45, 7) is 4.76. The van der Waals surface area contributed by atoms with Crippen molar-refractivity contribution in [2.45, 2.75) is 32.7 Å². The molecule has 1 aliphatic heterocycles. The van der Waals surface area contributed by atoms with Crippen molar-refractivity contribution in [2.75, 3.05) is 18.1 Å². The number of benzene rings is 1. The molecule has 1 fully saturated rings. The fourth-order valence-corrected chi connectivity index (χ4v) is 4.23. The standard InChI is InChI=1S/C17H24N2O4S/c1-12(2)6-8-18-16(20)13-4-3-5-14(10-13)17(21)19-15-7-9-24(22,23)11-15/h3-5,10,12,15H,6-9,11H2,1-2H3,(H,18,20)(H,19,21). The van der Waals surface area contributed by atoms with Gasteiger partial charge in [-0.25, -0.2) is 8.42 Å². The fraction of sp³-hybridized carbons (Fsp3) is 0.529. The highest BCUT2D eigenvalue weighted by atomic mass is 32.2. The number of nitrogens with one attached hydrogen (secondary N) is 2. The lowest BCUT2D eigenvalue weighted by Gasteiger charge is -2.12. The van der Waals surface area contributed by atoms with Gasteiger partial charge in [-0.3, -0.25) is 9.59 Å². The second kappa shape index (κ2) is 7.79. The van der Waals surface area contributed by atoms with Crippen LogP contribution in [0.25, 0.3) is 0 Å². The highest BCUT2D eigenvalue weighted by Gasteiger charge is 2.29. The van der Waals surface area contributed by atoms with Crippen LogP contribution in [0.1, 0.15) is 47.4 Å². The monoisotopic (exact) mass is 352 g/mol. The Balaban J connectivity index is 1.96. The number of sulfone groups is 1. The van der Waals surface area contributed by atoms with Crippen molar-refractivity contribution in [1.29, 1.82) is 0 Å². The summed E-state index contributed by atoms with van der Waals surface area (Å²) >= 11 is 0. The van der Waals surface area contributed by atoms with E-state index in [-0.39, 0.29) is 29.4 Å². The van der Waals surface area contributed by atoms with Crippen LogP contribution in [0.4, 0.5) is 0 Å². The quantitative estimate of drug-likeness (QED) is 0.809. The van der Waals surface area contributed by atoms with Gasteiger partial charge >= 0.3 is 0 Å². The van der Waals surface area contributed by atoms with Crippen molar-refractivity contribution in [3.8, 4) is 0 Å². The lowest BCUT2D eigenvalue weighted by atomic mass is 10.1. The zero-order valence-corrected chi connectivity index (χ0v) is 14.9. The third-order valence-electron chi connectivity index (χ3n) is 3.96. The Kier molecular flexibility index (Phi) is 5.99. The third-order valence-corrected chi connectivity index (χ3v) is 5.73. The van der Waals surface area contributed by atoms with Crippen molar-refractivity contribution in [3.63, 3.8) is 0 Å². The van der Waals surface area contributed by atoms with Crippen LogP contribution in [-0.2, 0) is 9.84 Å². The number of hydrogen-bond donors (Lipinski definition) is 2. The second-order valence-electron chi connectivity index (χ2n) is 6.59. The second-order valence-corrected chi connectivity index (χ2v) is 8.82. The Morgan fingerprint density at radius 2 is 1.88 bits per heavy atom. The summed E-state index contributed by atoms with van der Waals surface area (Å²) in [5.74, 6) is 0.0254. The molecule has 1 unspecified atom stereocenters. The Bertz CT molecular complexity index is 713. The van der Waals surface area contributed by atoms with Gasteiger partial charge in [-0.2, -0.15) is 0 Å². The van der Waals surface area contributed by atoms with E-state index in [4.69, 9.17) is 0 Å². The molecule has 0 aromatic heterocycles. The van der Waals surface area contributed by atoms with E-state index in [0.717, 1.165) is 6.42 Å². The molecule has 1 atom stereocenters. The van der Waals surface area contributed by atoms with Crippen molar-refractivity contribution in [3.05, 3.63) is 35.4 Å². The predicted molar refractivity (Wildman–Crippen MR) is 92.8 cm³/mol. The minimum absolute atomic E-state index is 0.0197. The van der Waals surface area contributed by atoms with Crippen molar-refractivity contribution >= 4 is 21.7 Å². The van der Waals surface area contributed by atoms with E-state index in [9.17, 15) is 18.0 Å². The third kappa shape index (κ3) is 5.33. The minimum Gasteiger partial charge on any atom is -0.352 e. The Morgan fingerprint density at radius 1 is 1.21 bits per heavy atom. The highest BCUT2D eigenvalue weighted by molar-refractivity contribution is 7.91. The van der Waals surface area contributed by atoms with Gasteiger partial charge in [0.25, 0.3) is 11.8 Å². The summed E-state index contributed by atoms with van der Waals surface area (Å²) in [6.07, 6.45) is 1.32. The molecule has 0 bridgehead atoms. The molecule has 1 saturated heterocycles. The maximum atomic E-state index is 12.3. The molecule has 2 rings (SSSR count). The molecule has 2 amide bonds. The summed E-state index contributed by atoms with van der Waals surface area (Å²) in [5, 5.41) is 5.56. The van der Waals surface area contributed by atoms with Crippen molar-refractivity contribution < 1.29 is 18.0 Å². The lowest BCUT2D eigenvalue weighted by molar-refractivity contribution is 0.0941. The van der Waals surface area contributed by atoms with E-state index >= 15 is 0 Å². The van der Waals surface area contributed by atoms with Crippen LogP contribution in [0.5, 0.6) is 0 Å². The Labute approximate surface area is 142 Å². The molecule has 0 radical (unpaired) electrons. The van der Waals surface area contributed by atoms with E-state index in [1.165, 1.54) is 6.07 Å². The van der Waals surface area contributed by atoms with Gasteiger partial charge in [-0.15, -0.1) is 0 Å². The first kappa shape index (κ1) is 18.4. The van der Waals surface area contributed by atoms with Gasteiger partial charge in [-0.05, 0) is 37.0 Å². The normalized spacial score (nSPS) is 19.2. The summed E-state index contributed by atoms with van der Waals surface area (Å²) in [5.41, 5.74) is 0.779. The predicted octanol–water partition coefficient (Wildman–Crippen LogP) is 1.38. The van der Waals surface area contributed by atoms with E-state index in [0.29, 0.717) is 30.0 Å². The maximum Gasteiger partial charge on any atom is 0.251 e. The highest BCUT2D eigenvalue weighted by Crippen LogP contribution is 2.13. The molecule has 1 aliphatic rings. The van der Waals surface area contributed by atoms with Crippen molar-refractivity contribution in [2.24, 2.45) is 5.92 Å². The van der Waals surface area contributed by atoms with E-state index in [1.54, 1.807) is 18.2 Å². The number of rotatable bonds is 6. The Hall–Kier alpha value is -1.89. The van der Waals surface area contributed by atoms with Gasteiger partial charge in [0.1, 0.15) is 0 Å². The SMILES string of the molecule is CC(C)CCNC(=O)c1cccc(C(=O)NC2CCS(=O)(=O)C2)c1. The largest absolute Gasteiger partial charge is 0.352 e. The molecular weight excluding hydrogens is 328 g/mol. The average molecular weight is 352 g/mol. The maximum absolute atomic E-state index is 12.3. The first-order valence-electron chi connectivity index (χ1n) is 8.16. The molecule has 24 heavy (non-hydrogen) atoms. The molecule has 132 valence electrons. The van der Waals surface area contributed by atoms with Gasteiger partial charge in [0.2, 0.25) is 0 Å². The zero-order valence-electron chi connectivity index (χ0n) is 14.0. The molecule has 1 aromatic rings. The van der Waals surface area contributed by atoms with Gasteiger partial charge in [0.05, 0.1) is 11.5 Å². The number of carbonyl (C=O) groups excluding carboxylic acids is 2. The zero-order chi connectivity index (χ0) is 17.7. The van der Waals surface area contributed by atoms with Gasteiger partial charge in [0, 0.05) is 23.7 Å². The molecule has 7 heteroatoms. The van der Waals surface area contributed by atoms with E-state index in [2.05, 4.69) is 24.5 Å². The minimum atomic E-state index is -3.04. The lowest BCUT2D eigenvalue weighted by Crippen LogP contribution is -2.35. The van der Waals surface area contributed by atoms with Crippen LogP contribution in [0.3, 0.4) is 0 Å². The topological polar surface area (TPSA) is 92.3 Å². The summed E-state index contributed by atoms with van der Waals surface area (Å²) in [7, 11) is -3.04. The Morgan fingerprint density at radius 3 is 2.46 bits per heavy atom. The van der Waals surface area contributed by atoms with Crippen LogP contribution < -0.4 is 10.6 Å². The molecular formula is C17H24N2O4S. The summed E-state index contributed by atoms with van der Waals surface area (Å²) < 4.78 is 22.9. The van der Waals surface area contributed by atoms with Crippen LogP contribution in [0, 0.1) is 5.92 Å². The molecule has 2 N–H and O–H groups in total. The van der Waals surface area contributed by atoms with Crippen molar-refractivity contribution in [1.82, 2.24) is 10.6 Å². The van der Waals surface area contributed by atoms with Gasteiger partial charge in [-0.1, -0.05) is 19.9 Å². The first-order chi connectivity index (χ1) is 11.3. The van der Waals surface area contributed by atoms with Crippen LogP contribution in [0.15, 0.2) is 24.3 Å². The average Bonchev–Trinajstić information content (AvgIpc) is 2.85. The fourth-order valence-electron chi connectivity index (χ4n) is 2.56. The number of carbonyl (C=O) groups is 2. The summed E-state index contributed by atoms with van der Waals surface area (Å²) in [4.78, 5) is 24.4. The first-order valence-corrected chi connectivity index (χ1v) is 9.98. The smallest absolute Gasteiger partial charge is 0.251 e. The molecule has 0 spiro atoms. The van der Waals surface area contributed by atoms with E-state index < -0.39 is 9.84 Å². The number of hydrogen-bond acceptors (Lipinski definition) is 4. The van der Waals surface area contributed by atoms with Crippen LogP contribution >= 0.6 is 0 Å². The van der Waals surface area contributed by atoms with E-state index in [1.807, 2.05) is 0 Å². The molecule has 0 aliphatic carbocycles. The molecule has 6 nitrogen and oxygen atoms in total. The molecule has 1 heterocycles. The summed E-state index contributed by atoms with van der Waals surface area (Å²) in [6, 6.07) is 6.10.